The number of aliphatic imine (C=N–C) groups is 1. The van der Waals surface area contributed by atoms with Gasteiger partial charge in [-0.25, -0.2) is 4.98 Å². The van der Waals surface area contributed by atoms with Crippen LogP contribution in [0.25, 0.3) is 0 Å². The molecule has 146 valence electrons. The third-order valence-electron chi connectivity index (χ3n) is 2.91. The molecule has 2 N–H and O–H groups in total. The second-order valence-corrected chi connectivity index (χ2v) is 6.56. The molecule has 0 aliphatic carbocycles. The summed E-state index contributed by atoms with van der Waals surface area (Å²) in [6.07, 6.45) is -3.11. The molecule has 0 aromatic carbocycles. The van der Waals surface area contributed by atoms with E-state index in [9.17, 15) is 13.2 Å². The van der Waals surface area contributed by atoms with Crippen LogP contribution >= 0.6 is 35.3 Å². The minimum atomic E-state index is -4.38. The summed E-state index contributed by atoms with van der Waals surface area (Å²) in [6.45, 7) is 6.82. The number of rotatable bonds is 9. The summed E-state index contributed by atoms with van der Waals surface area (Å²) >= 11 is 1.02. The molecule has 0 saturated heterocycles. The number of hydrogen-bond acceptors (Lipinski definition) is 4. The molecule has 25 heavy (non-hydrogen) atoms. The first-order valence-corrected chi connectivity index (χ1v) is 8.74. The molecule has 5 nitrogen and oxygen atoms in total. The van der Waals surface area contributed by atoms with Crippen LogP contribution in [0.1, 0.15) is 31.0 Å². The van der Waals surface area contributed by atoms with Crippen LogP contribution in [0, 0.1) is 5.92 Å². The molecule has 0 aliphatic rings. The van der Waals surface area contributed by atoms with E-state index in [1.165, 1.54) is 0 Å². The lowest BCUT2D eigenvalue weighted by molar-refractivity contribution is -0.140. The fourth-order valence-corrected chi connectivity index (χ4v) is 2.57. The van der Waals surface area contributed by atoms with Crippen molar-refractivity contribution in [1.29, 1.82) is 0 Å². The molecule has 10 heteroatoms. The van der Waals surface area contributed by atoms with Crippen LogP contribution < -0.4 is 10.6 Å². The maximum absolute atomic E-state index is 12.5. The van der Waals surface area contributed by atoms with E-state index in [1.54, 1.807) is 7.05 Å². The fourth-order valence-electron chi connectivity index (χ4n) is 1.76. The van der Waals surface area contributed by atoms with Gasteiger partial charge in [0.2, 0.25) is 0 Å². The minimum absolute atomic E-state index is 0. The molecule has 0 fully saturated rings. The molecule has 1 aromatic rings. The number of guanidine groups is 1. The molecule has 0 bridgehead atoms. The SMILES string of the molecule is CN=C(NCCCOCC(C)C)NCCc1nc(C(F)(F)F)cs1.I. The van der Waals surface area contributed by atoms with Crippen molar-refractivity contribution in [2.45, 2.75) is 32.9 Å². The highest BCUT2D eigenvalue weighted by molar-refractivity contribution is 14.0. The summed E-state index contributed by atoms with van der Waals surface area (Å²) in [5, 5.41) is 7.69. The molecule has 0 spiro atoms. The first kappa shape index (κ1) is 24.4. The van der Waals surface area contributed by atoms with Crippen LogP contribution in [-0.4, -0.2) is 44.3 Å². The Labute approximate surface area is 167 Å². The van der Waals surface area contributed by atoms with Crippen molar-refractivity contribution >= 4 is 41.3 Å². The summed E-state index contributed by atoms with van der Waals surface area (Å²) in [7, 11) is 1.65. The summed E-state index contributed by atoms with van der Waals surface area (Å²) in [5.41, 5.74) is -0.827. The van der Waals surface area contributed by atoms with E-state index in [-0.39, 0.29) is 24.0 Å². The Morgan fingerprint density at radius 3 is 2.56 bits per heavy atom. The lowest BCUT2D eigenvalue weighted by atomic mass is 10.2. The van der Waals surface area contributed by atoms with E-state index in [2.05, 4.69) is 34.5 Å². The van der Waals surface area contributed by atoms with E-state index in [0.29, 0.717) is 43.0 Å². The normalized spacial score (nSPS) is 12.2. The van der Waals surface area contributed by atoms with E-state index in [0.717, 1.165) is 29.7 Å². The zero-order valence-electron chi connectivity index (χ0n) is 14.7. The van der Waals surface area contributed by atoms with Crippen LogP contribution in [0.2, 0.25) is 0 Å². The van der Waals surface area contributed by atoms with Gasteiger partial charge < -0.3 is 15.4 Å². The fraction of sp³-hybridized carbons (Fsp3) is 0.733. The van der Waals surface area contributed by atoms with Gasteiger partial charge in [0, 0.05) is 45.2 Å². The highest BCUT2D eigenvalue weighted by atomic mass is 127. The smallest absolute Gasteiger partial charge is 0.381 e. The zero-order chi connectivity index (χ0) is 18.0. The minimum Gasteiger partial charge on any atom is -0.381 e. The van der Waals surface area contributed by atoms with Gasteiger partial charge in [0.15, 0.2) is 11.7 Å². The summed E-state index contributed by atoms with van der Waals surface area (Å²) in [4.78, 5) is 7.66. The molecule has 0 unspecified atom stereocenters. The number of hydrogen-bond donors (Lipinski definition) is 2. The van der Waals surface area contributed by atoms with Crippen molar-refractivity contribution in [3.8, 4) is 0 Å². The van der Waals surface area contributed by atoms with Gasteiger partial charge in [0.25, 0.3) is 0 Å². The predicted octanol–water partition coefficient (Wildman–Crippen LogP) is 3.55. The van der Waals surface area contributed by atoms with E-state index in [1.807, 2.05) is 0 Å². The third-order valence-corrected chi connectivity index (χ3v) is 3.81. The topological polar surface area (TPSA) is 58.5 Å². The van der Waals surface area contributed by atoms with Gasteiger partial charge in [0.05, 0.1) is 5.01 Å². The summed E-state index contributed by atoms with van der Waals surface area (Å²) < 4.78 is 42.9. The van der Waals surface area contributed by atoms with Gasteiger partial charge in [0.1, 0.15) is 0 Å². The molecule has 1 heterocycles. The molecule has 0 radical (unpaired) electrons. The quantitative estimate of drug-likeness (QED) is 0.239. The van der Waals surface area contributed by atoms with Crippen LogP contribution in [0.3, 0.4) is 0 Å². The molecule has 0 atom stereocenters. The third kappa shape index (κ3) is 10.9. The van der Waals surface area contributed by atoms with Crippen molar-refractivity contribution in [3.63, 3.8) is 0 Å². The highest BCUT2D eigenvalue weighted by Crippen LogP contribution is 2.29. The first-order valence-electron chi connectivity index (χ1n) is 7.86. The van der Waals surface area contributed by atoms with E-state index >= 15 is 0 Å². The maximum Gasteiger partial charge on any atom is 0.434 e. The molecular formula is C15H26F3IN4OS. The summed E-state index contributed by atoms with van der Waals surface area (Å²) in [6, 6.07) is 0. The van der Waals surface area contributed by atoms with Crippen molar-refractivity contribution in [3.05, 3.63) is 16.1 Å². The van der Waals surface area contributed by atoms with Gasteiger partial charge in [-0.2, -0.15) is 13.2 Å². The standard InChI is InChI=1S/C15H25F3N4OS.HI/c1-11(2)9-23-8-4-6-20-14(19-3)21-7-5-13-22-12(10-24-13)15(16,17)18;/h10-11H,4-9H2,1-3H3,(H2,19,20,21);1H. The zero-order valence-corrected chi connectivity index (χ0v) is 17.8. The molecule has 1 aromatic heterocycles. The Balaban J connectivity index is 0.00000576. The Morgan fingerprint density at radius 2 is 2.00 bits per heavy atom. The van der Waals surface area contributed by atoms with Crippen molar-refractivity contribution in [2.75, 3.05) is 33.4 Å². The van der Waals surface area contributed by atoms with Gasteiger partial charge in [-0.3, -0.25) is 4.99 Å². The van der Waals surface area contributed by atoms with Gasteiger partial charge in [-0.05, 0) is 12.3 Å². The Kier molecular flexibility index (Phi) is 12.4. The second-order valence-electron chi connectivity index (χ2n) is 5.62. The lowest BCUT2D eigenvalue weighted by Crippen LogP contribution is -2.39. The Bertz CT molecular complexity index is 509. The Morgan fingerprint density at radius 1 is 1.32 bits per heavy atom. The highest BCUT2D eigenvalue weighted by Gasteiger charge is 2.33. The first-order chi connectivity index (χ1) is 11.3. The average molecular weight is 494 g/mol. The van der Waals surface area contributed by atoms with Crippen LogP contribution in [0.15, 0.2) is 10.4 Å². The van der Waals surface area contributed by atoms with Crippen LogP contribution in [0.4, 0.5) is 13.2 Å². The number of nitrogens with one attached hydrogen (secondary N) is 2. The van der Waals surface area contributed by atoms with Gasteiger partial charge >= 0.3 is 6.18 Å². The van der Waals surface area contributed by atoms with Crippen molar-refractivity contribution in [1.82, 2.24) is 15.6 Å². The van der Waals surface area contributed by atoms with Crippen LogP contribution in [-0.2, 0) is 17.3 Å². The van der Waals surface area contributed by atoms with Gasteiger partial charge in [-0.1, -0.05) is 13.8 Å². The van der Waals surface area contributed by atoms with E-state index in [4.69, 9.17) is 4.74 Å². The summed E-state index contributed by atoms with van der Waals surface area (Å²) in [5.74, 6) is 1.14. The lowest BCUT2D eigenvalue weighted by Gasteiger charge is -2.12. The van der Waals surface area contributed by atoms with Crippen LogP contribution in [0.5, 0.6) is 0 Å². The van der Waals surface area contributed by atoms with Crippen molar-refractivity contribution < 1.29 is 17.9 Å². The predicted molar refractivity (Wildman–Crippen MR) is 106 cm³/mol. The number of ether oxygens (including phenoxy) is 1. The van der Waals surface area contributed by atoms with E-state index < -0.39 is 11.9 Å². The molecule has 0 saturated carbocycles. The maximum atomic E-state index is 12.5. The number of thiazole rings is 1. The largest absolute Gasteiger partial charge is 0.434 e. The number of alkyl halides is 3. The van der Waals surface area contributed by atoms with Crippen molar-refractivity contribution in [2.24, 2.45) is 10.9 Å². The number of nitrogens with zero attached hydrogens (tertiary/aromatic N) is 2. The Hall–Kier alpha value is -0.620. The molecule has 0 amide bonds. The number of halogens is 4. The number of aromatic nitrogens is 1. The molecule has 1 rings (SSSR count). The monoisotopic (exact) mass is 494 g/mol. The average Bonchev–Trinajstić information content (AvgIpc) is 2.97. The van der Waals surface area contributed by atoms with Gasteiger partial charge in [-0.15, -0.1) is 35.3 Å². The molecular weight excluding hydrogens is 468 g/mol. The second kappa shape index (κ2) is 12.7. The molecule has 0 aliphatic heterocycles.